The molecular formula is C14H32N2O2. The van der Waals surface area contributed by atoms with E-state index < -0.39 is 0 Å². The summed E-state index contributed by atoms with van der Waals surface area (Å²) >= 11 is 0. The normalized spacial score (nSPS) is 15.3. The van der Waals surface area contributed by atoms with E-state index >= 15 is 0 Å². The van der Waals surface area contributed by atoms with Gasteiger partial charge in [-0.2, -0.15) is 0 Å². The van der Waals surface area contributed by atoms with Crippen molar-refractivity contribution in [3.05, 3.63) is 0 Å². The molecule has 0 aromatic heterocycles. The minimum atomic E-state index is -0.311. The van der Waals surface area contributed by atoms with Crippen molar-refractivity contribution in [2.75, 3.05) is 39.9 Å². The molecule has 110 valence electrons. The van der Waals surface area contributed by atoms with E-state index in [1.54, 1.807) is 7.11 Å². The van der Waals surface area contributed by atoms with Gasteiger partial charge in [-0.05, 0) is 25.8 Å². The summed E-state index contributed by atoms with van der Waals surface area (Å²) in [7, 11) is 1.72. The zero-order chi connectivity index (χ0) is 14.0. The van der Waals surface area contributed by atoms with Gasteiger partial charge < -0.3 is 15.2 Å². The van der Waals surface area contributed by atoms with Crippen LogP contribution in [0.2, 0.25) is 0 Å². The maximum atomic E-state index is 10.0. The Morgan fingerprint density at radius 1 is 1.22 bits per heavy atom. The molecule has 2 N–H and O–H groups in total. The standard InChI is InChI=1S/C14H32N2O2/c1-6-13(4)16(7-8-18-5)11-14(17)10-15-9-12(2)3/h12-15,17H,6-11H2,1-5H3. The maximum absolute atomic E-state index is 10.0. The van der Waals surface area contributed by atoms with Crippen molar-refractivity contribution in [1.82, 2.24) is 10.2 Å². The van der Waals surface area contributed by atoms with Crippen LogP contribution in [-0.2, 0) is 4.74 Å². The highest BCUT2D eigenvalue weighted by Gasteiger charge is 2.16. The molecule has 0 saturated heterocycles. The first-order valence-corrected chi connectivity index (χ1v) is 7.13. The number of aliphatic hydroxyl groups excluding tert-OH is 1. The van der Waals surface area contributed by atoms with Gasteiger partial charge in [-0.1, -0.05) is 20.8 Å². The molecule has 4 heteroatoms. The second-order valence-corrected chi connectivity index (χ2v) is 5.45. The number of aliphatic hydroxyl groups is 1. The van der Waals surface area contributed by atoms with E-state index in [1.807, 2.05) is 0 Å². The molecule has 0 aliphatic rings. The smallest absolute Gasteiger partial charge is 0.0791 e. The van der Waals surface area contributed by atoms with Gasteiger partial charge >= 0.3 is 0 Å². The van der Waals surface area contributed by atoms with Crippen LogP contribution in [0.4, 0.5) is 0 Å². The molecule has 2 unspecified atom stereocenters. The number of nitrogens with zero attached hydrogens (tertiary/aromatic N) is 1. The molecule has 0 bridgehead atoms. The van der Waals surface area contributed by atoms with Crippen LogP contribution >= 0.6 is 0 Å². The lowest BCUT2D eigenvalue weighted by Gasteiger charge is -2.30. The Kier molecular flexibility index (Phi) is 10.6. The van der Waals surface area contributed by atoms with Gasteiger partial charge in [0.15, 0.2) is 0 Å². The Morgan fingerprint density at radius 2 is 1.89 bits per heavy atom. The Balaban J connectivity index is 3.97. The van der Waals surface area contributed by atoms with E-state index in [0.29, 0.717) is 25.0 Å². The van der Waals surface area contributed by atoms with Crippen LogP contribution in [0.5, 0.6) is 0 Å². The van der Waals surface area contributed by atoms with Crippen LogP contribution < -0.4 is 5.32 Å². The molecule has 0 aliphatic carbocycles. The van der Waals surface area contributed by atoms with E-state index in [4.69, 9.17) is 4.74 Å². The predicted octanol–water partition coefficient (Wildman–Crippen LogP) is 1.34. The Labute approximate surface area is 113 Å². The second-order valence-electron chi connectivity index (χ2n) is 5.45. The summed E-state index contributed by atoms with van der Waals surface area (Å²) < 4.78 is 5.12. The minimum Gasteiger partial charge on any atom is -0.390 e. The molecule has 0 amide bonds. The fraction of sp³-hybridized carbons (Fsp3) is 1.00. The molecule has 0 rings (SSSR count). The van der Waals surface area contributed by atoms with Gasteiger partial charge in [-0.15, -0.1) is 0 Å². The van der Waals surface area contributed by atoms with Gasteiger partial charge in [0.25, 0.3) is 0 Å². The molecule has 4 nitrogen and oxygen atoms in total. The third-order valence-corrected chi connectivity index (χ3v) is 3.17. The van der Waals surface area contributed by atoms with Crippen LogP contribution in [-0.4, -0.2) is 62.0 Å². The first kappa shape index (κ1) is 17.8. The fourth-order valence-electron chi connectivity index (χ4n) is 1.83. The van der Waals surface area contributed by atoms with Crippen molar-refractivity contribution >= 4 is 0 Å². The number of rotatable bonds is 11. The van der Waals surface area contributed by atoms with Crippen molar-refractivity contribution in [3.63, 3.8) is 0 Å². The molecular weight excluding hydrogens is 228 g/mol. The van der Waals surface area contributed by atoms with Gasteiger partial charge in [0.05, 0.1) is 12.7 Å². The summed E-state index contributed by atoms with van der Waals surface area (Å²) in [4.78, 5) is 2.30. The molecule has 0 aromatic carbocycles. The third kappa shape index (κ3) is 8.86. The van der Waals surface area contributed by atoms with Gasteiger partial charge in [0.2, 0.25) is 0 Å². The highest BCUT2D eigenvalue weighted by atomic mass is 16.5. The second kappa shape index (κ2) is 10.7. The highest BCUT2D eigenvalue weighted by Crippen LogP contribution is 2.04. The van der Waals surface area contributed by atoms with Crippen molar-refractivity contribution in [1.29, 1.82) is 0 Å². The molecule has 18 heavy (non-hydrogen) atoms. The minimum absolute atomic E-state index is 0.311. The molecule has 0 saturated carbocycles. The summed E-state index contributed by atoms with van der Waals surface area (Å²) in [6.07, 6.45) is 0.783. The average molecular weight is 260 g/mol. The van der Waals surface area contributed by atoms with E-state index in [0.717, 1.165) is 26.1 Å². The van der Waals surface area contributed by atoms with Crippen LogP contribution in [0.15, 0.2) is 0 Å². The summed E-state index contributed by atoms with van der Waals surface area (Å²) in [5, 5.41) is 13.3. The lowest BCUT2D eigenvalue weighted by molar-refractivity contribution is 0.0666. The lowest BCUT2D eigenvalue weighted by atomic mass is 10.2. The summed E-state index contributed by atoms with van der Waals surface area (Å²) in [5.41, 5.74) is 0. The first-order chi connectivity index (χ1) is 8.51. The van der Waals surface area contributed by atoms with E-state index in [2.05, 4.69) is 37.9 Å². The third-order valence-electron chi connectivity index (χ3n) is 3.17. The summed E-state index contributed by atoms with van der Waals surface area (Å²) in [6.45, 7) is 12.6. The molecule has 0 fully saturated rings. The van der Waals surface area contributed by atoms with Crippen molar-refractivity contribution < 1.29 is 9.84 Å². The first-order valence-electron chi connectivity index (χ1n) is 7.13. The van der Waals surface area contributed by atoms with E-state index in [9.17, 15) is 5.11 Å². The Hall–Kier alpha value is -0.160. The molecule has 2 atom stereocenters. The average Bonchev–Trinajstić information content (AvgIpc) is 2.32. The molecule has 0 aliphatic heterocycles. The summed E-state index contributed by atoms with van der Waals surface area (Å²) in [5.74, 6) is 0.622. The number of hydrogen-bond acceptors (Lipinski definition) is 4. The summed E-state index contributed by atoms with van der Waals surface area (Å²) in [6, 6.07) is 0.486. The lowest BCUT2D eigenvalue weighted by Crippen LogP contribution is -2.44. The molecule has 0 spiro atoms. The number of nitrogens with one attached hydrogen (secondary N) is 1. The number of ether oxygens (including phenoxy) is 1. The Morgan fingerprint density at radius 3 is 2.39 bits per heavy atom. The zero-order valence-electron chi connectivity index (χ0n) is 12.8. The zero-order valence-corrected chi connectivity index (χ0v) is 12.8. The Bertz CT molecular complexity index is 189. The fourth-order valence-corrected chi connectivity index (χ4v) is 1.83. The largest absolute Gasteiger partial charge is 0.390 e. The van der Waals surface area contributed by atoms with Gasteiger partial charge in [-0.25, -0.2) is 0 Å². The van der Waals surface area contributed by atoms with E-state index in [1.165, 1.54) is 0 Å². The number of hydrogen-bond donors (Lipinski definition) is 2. The monoisotopic (exact) mass is 260 g/mol. The van der Waals surface area contributed by atoms with Gasteiger partial charge in [0.1, 0.15) is 0 Å². The SMILES string of the molecule is CCC(C)N(CCOC)CC(O)CNCC(C)C. The van der Waals surface area contributed by atoms with Crippen LogP contribution in [0.3, 0.4) is 0 Å². The highest BCUT2D eigenvalue weighted by molar-refractivity contribution is 4.72. The molecule has 0 radical (unpaired) electrons. The molecule has 0 aromatic rings. The molecule has 0 heterocycles. The van der Waals surface area contributed by atoms with Crippen molar-refractivity contribution in [3.8, 4) is 0 Å². The van der Waals surface area contributed by atoms with Gasteiger partial charge in [-0.3, -0.25) is 4.90 Å². The van der Waals surface area contributed by atoms with E-state index in [-0.39, 0.29) is 6.10 Å². The van der Waals surface area contributed by atoms with Crippen LogP contribution in [0.1, 0.15) is 34.1 Å². The topological polar surface area (TPSA) is 44.7 Å². The van der Waals surface area contributed by atoms with Crippen LogP contribution in [0.25, 0.3) is 0 Å². The van der Waals surface area contributed by atoms with Gasteiger partial charge in [0, 0.05) is 32.8 Å². The maximum Gasteiger partial charge on any atom is 0.0791 e. The van der Waals surface area contributed by atoms with Crippen LogP contribution in [0, 0.1) is 5.92 Å². The number of methoxy groups -OCH3 is 1. The predicted molar refractivity (Wildman–Crippen MR) is 76.9 cm³/mol. The quantitative estimate of drug-likeness (QED) is 0.588. The van der Waals surface area contributed by atoms with Crippen molar-refractivity contribution in [2.45, 2.75) is 46.3 Å². The van der Waals surface area contributed by atoms with Crippen molar-refractivity contribution in [2.24, 2.45) is 5.92 Å².